The molecule has 3 rings (SSSR count). The molecule has 1 heterocycles. The van der Waals surface area contributed by atoms with Crippen LogP contribution in [0.4, 0.5) is 0 Å². The van der Waals surface area contributed by atoms with Crippen LogP contribution in [0.5, 0.6) is 0 Å². The van der Waals surface area contributed by atoms with Gasteiger partial charge < -0.3 is 4.57 Å². The number of hydrogen-bond donors (Lipinski definition) is 0. The minimum atomic E-state index is 1.12. The Morgan fingerprint density at radius 1 is 0.857 bits per heavy atom. The molecule has 0 amide bonds. The second-order valence-electron chi connectivity index (χ2n) is 4.79. The smallest absolute Gasteiger partial charge is 0.0541 e. The van der Waals surface area contributed by atoms with E-state index in [2.05, 4.69) is 72.3 Å². The zero-order valence-corrected chi connectivity index (χ0v) is 11.9. The minimum Gasteiger partial charge on any atom is -0.309 e. The van der Waals surface area contributed by atoms with Crippen molar-refractivity contribution in [2.24, 2.45) is 0 Å². The summed E-state index contributed by atoms with van der Waals surface area (Å²) in [6.07, 6.45) is 7.75. The van der Waals surface area contributed by atoms with Crippen molar-refractivity contribution >= 4 is 23.1 Å². The molecule has 1 heteroatoms. The Morgan fingerprint density at radius 3 is 2.29 bits per heavy atom. The molecule has 0 bridgehead atoms. The van der Waals surface area contributed by atoms with E-state index < -0.39 is 0 Å². The molecule has 0 saturated carbocycles. The van der Waals surface area contributed by atoms with Crippen LogP contribution in [0.25, 0.3) is 28.7 Å². The van der Waals surface area contributed by atoms with E-state index in [1.54, 1.807) is 6.08 Å². The standard InChI is InChI=1S/C20H17N/c1-3-5-14-19-17(4-2)18-13-9-10-15-20(18)21(19)16-11-7-6-8-12-16/h3-15H,1-2H2/b14-5-. The SMILES string of the molecule is C=C/C=C\c1c(C=C)c2ccccc2n1-c1ccccc1. The van der Waals surface area contributed by atoms with E-state index in [1.165, 1.54) is 10.9 Å². The van der Waals surface area contributed by atoms with Crippen LogP contribution in [-0.2, 0) is 0 Å². The third kappa shape index (κ3) is 2.23. The normalized spacial score (nSPS) is 11.0. The van der Waals surface area contributed by atoms with Gasteiger partial charge in [0.2, 0.25) is 0 Å². The van der Waals surface area contributed by atoms with Crippen molar-refractivity contribution in [2.45, 2.75) is 0 Å². The van der Waals surface area contributed by atoms with E-state index in [1.807, 2.05) is 18.2 Å². The van der Waals surface area contributed by atoms with Crippen LogP contribution in [0.2, 0.25) is 0 Å². The third-order valence-corrected chi connectivity index (χ3v) is 3.56. The maximum atomic E-state index is 3.98. The zero-order valence-electron chi connectivity index (χ0n) is 11.9. The molecule has 0 radical (unpaired) electrons. The molecule has 0 N–H and O–H groups in total. The summed E-state index contributed by atoms with van der Waals surface area (Å²) < 4.78 is 2.26. The molecule has 1 aromatic heterocycles. The fraction of sp³-hybridized carbons (Fsp3) is 0. The van der Waals surface area contributed by atoms with E-state index in [9.17, 15) is 0 Å². The fourth-order valence-electron chi connectivity index (χ4n) is 2.68. The van der Waals surface area contributed by atoms with E-state index in [-0.39, 0.29) is 0 Å². The minimum absolute atomic E-state index is 1.12. The van der Waals surface area contributed by atoms with Gasteiger partial charge in [-0.25, -0.2) is 0 Å². The molecule has 102 valence electrons. The predicted molar refractivity (Wildman–Crippen MR) is 92.6 cm³/mol. The number of rotatable bonds is 4. The van der Waals surface area contributed by atoms with Crippen LogP contribution < -0.4 is 0 Å². The summed E-state index contributed by atoms with van der Waals surface area (Å²) in [5.41, 5.74) is 4.60. The maximum absolute atomic E-state index is 3.98. The molecule has 0 saturated heterocycles. The Balaban J connectivity index is 2.43. The number of nitrogens with zero attached hydrogens (tertiary/aromatic N) is 1. The van der Waals surface area contributed by atoms with Gasteiger partial charge in [0.1, 0.15) is 0 Å². The molecule has 3 aromatic rings. The van der Waals surface area contributed by atoms with Crippen LogP contribution in [0, 0.1) is 0 Å². The Morgan fingerprint density at radius 2 is 1.57 bits per heavy atom. The van der Waals surface area contributed by atoms with Crippen molar-refractivity contribution in [3.63, 3.8) is 0 Å². The molecule has 0 atom stereocenters. The molecule has 21 heavy (non-hydrogen) atoms. The van der Waals surface area contributed by atoms with Crippen LogP contribution in [-0.4, -0.2) is 4.57 Å². The van der Waals surface area contributed by atoms with Gasteiger partial charge in [-0.3, -0.25) is 0 Å². The van der Waals surface area contributed by atoms with Gasteiger partial charge in [0.05, 0.1) is 11.2 Å². The van der Waals surface area contributed by atoms with E-state index >= 15 is 0 Å². The zero-order chi connectivity index (χ0) is 14.7. The lowest BCUT2D eigenvalue weighted by molar-refractivity contribution is 1.11. The summed E-state index contributed by atoms with van der Waals surface area (Å²) in [4.78, 5) is 0. The Hall–Kier alpha value is -2.80. The van der Waals surface area contributed by atoms with Crippen LogP contribution in [0.3, 0.4) is 0 Å². The number of allylic oxidation sites excluding steroid dienone is 2. The molecule has 0 aliphatic heterocycles. The van der Waals surface area contributed by atoms with E-state index in [0.29, 0.717) is 0 Å². The molecule has 0 spiro atoms. The van der Waals surface area contributed by atoms with Crippen LogP contribution in [0.1, 0.15) is 11.3 Å². The summed E-state index contributed by atoms with van der Waals surface area (Å²) in [7, 11) is 0. The quantitative estimate of drug-likeness (QED) is 0.554. The molecule has 1 nitrogen and oxygen atoms in total. The molecule has 2 aromatic carbocycles. The summed E-state index contributed by atoms with van der Waals surface area (Å²) in [6, 6.07) is 18.8. The van der Waals surface area contributed by atoms with Gasteiger partial charge >= 0.3 is 0 Å². The summed E-state index contributed by atoms with van der Waals surface area (Å²) >= 11 is 0. The van der Waals surface area contributed by atoms with E-state index in [4.69, 9.17) is 0 Å². The lowest BCUT2D eigenvalue weighted by Crippen LogP contribution is -1.96. The Labute approximate surface area is 125 Å². The average molecular weight is 271 g/mol. The van der Waals surface area contributed by atoms with Gasteiger partial charge in [-0.05, 0) is 24.3 Å². The average Bonchev–Trinajstić information content (AvgIpc) is 2.87. The highest BCUT2D eigenvalue weighted by molar-refractivity contribution is 5.95. The molecular formula is C20H17N. The Kier molecular flexibility index (Phi) is 3.57. The Bertz CT molecular complexity index is 820. The highest BCUT2D eigenvalue weighted by atomic mass is 15.0. The van der Waals surface area contributed by atoms with Gasteiger partial charge in [0.15, 0.2) is 0 Å². The number of fused-ring (bicyclic) bond motifs is 1. The van der Waals surface area contributed by atoms with E-state index in [0.717, 1.165) is 16.9 Å². The van der Waals surface area contributed by atoms with Gasteiger partial charge in [-0.2, -0.15) is 0 Å². The lowest BCUT2D eigenvalue weighted by atomic mass is 10.1. The van der Waals surface area contributed by atoms with Crippen LogP contribution in [0.15, 0.2) is 79.9 Å². The van der Waals surface area contributed by atoms with Crippen molar-refractivity contribution in [3.8, 4) is 5.69 Å². The van der Waals surface area contributed by atoms with Crippen molar-refractivity contribution in [2.75, 3.05) is 0 Å². The highest BCUT2D eigenvalue weighted by Crippen LogP contribution is 2.31. The molecule has 0 unspecified atom stereocenters. The van der Waals surface area contributed by atoms with Gasteiger partial charge in [0.25, 0.3) is 0 Å². The first-order valence-electron chi connectivity index (χ1n) is 6.97. The first kappa shape index (κ1) is 13.2. The third-order valence-electron chi connectivity index (χ3n) is 3.56. The van der Waals surface area contributed by atoms with Crippen molar-refractivity contribution in [1.82, 2.24) is 4.57 Å². The van der Waals surface area contributed by atoms with Gasteiger partial charge in [-0.1, -0.05) is 67.8 Å². The number of benzene rings is 2. The van der Waals surface area contributed by atoms with Gasteiger partial charge in [-0.15, -0.1) is 0 Å². The first-order valence-corrected chi connectivity index (χ1v) is 6.97. The van der Waals surface area contributed by atoms with Crippen molar-refractivity contribution < 1.29 is 0 Å². The van der Waals surface area contributed by atoms with Crippen molar-refractivity contribution in [3.05, 3.63) is 91.2 Å². The topological polar surface area (TPSA) is 4.93 Å². The second kappa shape index (κ2) is 5.68. The monoisotopic (exact) mass is 271 g/mol. The summed E-state index contributed by atoms with van der Waals surface area (Å²) in [6.45, 7) is 7.75. The molecule has 0 aliphatic carbocycles. The maximum Gasteiger partial charge on any atom is 0.0541 e. The number of para-hydroxylation sites is 2. The summed E-state index contributed by atoms with van der Waals surface area (Å²) in [5.74, 6) is 0. The molecule has 0 aliphatic rings. The highest BCUT2D eigenvalue weighted by Gasteiger charge is 2.13. The van der Waals surface area contributed by atoms with Gasteiger partial charge in [0, 0.05) is 16.6 Å². The summed E-state index contributed by atoms with van der Waals surface area (Å²) in [5, 5.41) is 1.21. The largest absolute Gasteiger partial charge is 0.309 e. The fourth-order valence-corrected chi connectivity index (χ4v) is 2.68. The lowest BCUT2D eigenvalue weighted by Gasteiger charge is -2.08. The van der Waals surface area contributed by atoms with Crippen LogP contribution >= 0.6 is 0 Å². The second-order valence-corrected chi connectivity index (χ2v) is 4.79. The first-order chi connectivity index (χ1) is 10.4. The number of hydrogen-bond acceptors (Lipinski definition) is 0. The predicted octanol–water partition coefficient (Wildman–Crippen LogP) is 5.47. The molecule has 0 fully saturated rings. The molecular weight excluding hydrogens is 254 g/mol. The van der Waals surface area contributed by atoms with Crippen molar-refractivity contribution in [1.29, 1.82) is 0 Å². The number of aromatic nitrogens is 1.